The van der Waals surface area contributed by atoms with Crippen molar-refractivity contribution >= 4 is 23.5 Å². The molecule has 0 aliphatic carbocycles. The largest absolute Gasteiger partial charge is 0.417 e. The van der Waals surface area contributed by atoms with Crippen molar-refractivity contribution < 1.29 is 22.7 Å². The van der Waals surface area contributed by atoms with E-state index in [1.807, 2.05) is 4.90 Å². The molecule has 1 aliphatic heterocycles. The van der Waals surface area contributed by atoms with Crippen LogP contribution in [0.4, 0.5) is 19.1 Å². The topological polar surface area (TPSA) is 93.4 Å². The molecule has 1 saturated heterocycles. The fourth-order valence-corrected chi connectivity index (χ4v) is 4.40. The quantitative estimate of drug-likeness (QED) is 0.494. The second kappa shape index (κ2) is 10.8. The SMILES string of the molecule is C[C@@H](NC(=O)c1ccnc(N2CCOCC2)n1)c1ccc(-c2c(CN)ccc(C(F)(F)F)c2Cl)cc1. The molecule has 11 heteroatoms. The number of hydrogen-bond donors (Lipinski definition) is 2. The van der Waals surface area contributed by atoms with E-state index in [1.54, 1.807) is 43.5 Å². The lowest BCUT2D eigenvalue weighted by Gasteiger charge is -2.26. The molecule has 2 aromatic carbocycles. The number of hydrogen-bond acceptors (Lipinski definition) is 6. The van der Waals surface area contributed by atoms with E-state index in [-0.39, 0.29) is 34.8 Å². The number of carbonyl (C=O) groups is 1. The van der Waals surface area contributed by atoms with Gasteiger partial charge < -0.3 is 20.7 Å². The molecule has 1 amide bonds. The van der Waals surface area contributed by atoms with Gasteiger partial charge in [-0.3, -0.25) is 4.79 Å². The number of nitrogens with zero attached hydrogens (tertiary/aromatic N) is 3. The highest BCUT2D eigenvalue weighted by molar-refractivity contribution is 6.34. The van der Waals surface area contributed by atoms with Gasteiger partial charge in [0.1, 0.15) is 5.69 Å². The first-order valence-corrected chi connectivity index (χ1v) is 11.7. The van der Waals surface area contributed by atoms with Crippen molar-refractivity contribution in [1.29, 1.82) is 0 Å². The molecule has 36 heavy (non-hydrogen) atoms. The van der Waals surface area contributed by atoms with Crippen LogP contribution in [0.2, 0.25) is 5.02 Å². The van der Waals surface area contributed by atoms with Crippen molar-refractivity contribution in [2.45, 2.75) is 25.7 Å². The van der Waals surface area contributed by atoms with Crippen molar-refractivity contribution in [3.05, 3.63) is 76.1 Å². The molecule has 0 bridgehead atoms. The molecule has 0 spiro atoms. The minimum atomic E-state index is -4.58. The van der Waals surface area contributed by atoms with Crippen LogP contribution in [0, 0.1) is 0 Å². The van der Waals surface area contributed by atoms with Gasteiger partial charge in [0.2, 0.25) is 5.95 Å². The molecular formula is C25H25ClF3N5O2. The van der Waals surface area contributed by atoms with Gasteiger partial charge in [0.15, 0.2) is 0 Å². The fraction of sp³-hybridized carbons (Fsp3) is 0.320. The molecule has 3 aromatic rings. The highest BCUT2D eigenvalue weighted by Crippen LogP contribution is 2.41. The number of anilines is 1. The van der Waals surface area contributed by atoms with Crippen LogP contribution in [0.3, 0.4) is 0 Å². The number of carbonyl (C=O) groups excluding carboxylic acids is 1. The van der Waals surface area contributed by atoms with E-state index in [2.05, 4.69) is 15.3 Å². The Morgan fingerprint density at radius 2 is 1.86 bits per heavy atom. The maximum atomic E-state index is 13.4. The Kier molecular flexibility index (Phi) is 7.77. The van der Waals surface area contributed by atoms with Crippen LogP contribution >= 0.6 is 11.6 Å². The van der Waals surface area contributed by atoms with Crippen molar-refractivity contribution in [2.75, 3.05) is 31.2 Å². The van der Waals surface area contributed by atoms with Crippen LogP contribution < -0.4 is 16.0 Å². The Labute approximate surface area is 211 Å². The number of benzene rings is 2. The van der Waals surface area contributed by atoms with Gasteiger partial charge in [-0.1, -0.05) is 41.9 Å². The molecule has 1 atom stereocenters. The van der Waals surface area contributed by atoms with Crippen LogP contribution in [0.5, 0.6) is 0 Å². The minimum absolute atomic E-state index is 0.0345. The van der Waals surface area contributed by atoms with Crippen molar-refractivity contribution in [3.8, 4) is 11.1 Å². The summed E-state index contributed by atoms with van der Waals surface area (Å²) in [6.07, 6.45) is -3.04. The Balaban J connectivity index is 1.51. The Bertz CT molecular complexity index is 1230. The van der Waals surface area contributed by atoms with E-state index < -0.39 is 11.7 Å². The smallest absolute Gasteiger partial charge is 0.378 e. The molecule has 1 aliphatic rings. The van der Waals surface area contributed by atoms with Crippen molar-refractivity contribution in [1.82, 2.24) is 15.3 Å². The molecule has 0 unspecified atom stereocenters. The normalized spacial score (nSPS) is 15.0. The highest BCUT2D eigenvalue weighted by atomic mass is 35.5. The van der Waals surface area contributed by atoms with Crippen LogP contribution in [-0.4, -0.2) is 42.2 Å². The zero-order valence-corrected chi connectivity index (χ0v) is 20.2. The molecule has 0 radical (unpaired) electrons. The summed E-state index contributed by atoms with van der Waals surface area (Å²) in [5, 5.41) is 2.51. The van der Waals surface area contributed by atoms with E-state index in [0.29, 0.717) is 43.4 Å². The first-order valence-electron chi connectivity index (χ1n) is 11.3. The Hall–Kier alpha value is -3.21. The van der Waals surface area contributed by atoms with Crippen LogP contribution in [0.15, 0.2) is 48.7 Å². The second-order valence-corrected chi connectivity index (χ2v) is 8.70. The molecule has 7 nitrogen and oxygen atoms in total. The van der Waals surface area contributed by atoms with E-state index in [0.717, 1.165) is 11.6 Å². The molecule has 2 heterocycles. The second-order valence-electron chi connectivity index (χ2n) is 8.32. The lowest BCUT2D eigenvalue weighted by atomic mass is 9.95. The Morgan fingerprint density at radius 3 is 2.50 bits per heavy atom. The first kappa shape index (κ1) is 25.9. The zero-order valence-electron chi connectivity index (χ0n) is 19.5. The van der Waals surface area contributed by atoms with Crippen LogP contribution in [-0.2, 0) is 17.5 Å². The van der Waals surface area contributed by atoms with Gasteiger partial charge in [0, 0.05) is 31.4 Å². The van der Waals surface area contributed by atoms with E-state index in [1.165, 1.54) is 6.07 Å². The number of aromatic nitrogens is 2. The monoisotopic (exact) mass is 519 g/mol. The average Bonchev–Trinajstić information content (AvgIpc) is 2.88. The third-order valence-electron chi connectivity index (χ3n) is 5.97. The third-order valence-corrected chi connectivity index (χ3v) is 6.36. The highest BCUT2D eigenvalue weighted by Gasteiger charge is 2.34. The summed E-state index contributed by atoms with van der Waals surface area (Å²) < 4.78 is 45.4. The molecule has 1 fully saturated rings. The van der Waals surface area contributed by atoms with Gasteiger partial charge in [-0.15, -0.1) is 0 Å². The third kappa shape index (κ3) is 5.61. The van der Waals surface area contributed by atoms with E-state index in [4.69, 9.17) is 22.1 Å². The van der Waals surface area contributed by atoms with Gasteiger partial charge in [-0.2, -0.15) is 13.2 Å². The van der Waals surface area contributed by atoms with Crippen molar-refractivity contribution in [3.63, 3.8) is 0 Å². The van der Waals surface area contributed by atoms with Gasteiger partial charge in [0.25, 0.3) is 5.91 Å². The number of ether oxygens (including phenoxy) is 1. The molecular weight excluding hydrogens is 495 g/mol. The van der Waals surface area contributed by atoms with Gasteiger partial charge in [0.05, 0.1) is 29.8 Å². The Morgan fingerprint density at radius 1 is 1.17 bits per heavy atom. The van der Waals surface area contributed by atoms with Gasteiger partial charge in [-0.05, 0) is 35.7 Å². The number of nitrogens with one attached hydrogen (secondary N) is 1. The van der Waals surface area contributed by atoms with Crippen LogP contribution in [0.25, 0.3) is 11.1 Å². The maximum Gasteiger partial charge on any atom is 0.417 e. The summed E-state index contributed by atoms with van der Waals surface area (Å²) in [4.78, 5) is 23.4. The standard InChI is InChI=1S/C25H25ClF3N5O2/c1-15(32-23(35)20-8-9-31-24(33-20)34-10-12-36-13-11-34)16-2-4-17(5-3-16)21-18(14-30)6-7-19(22(21)26)25(27,28)29/h2-9,15H,10-14,30H2,1H3,(H,32,35)/t15-/m1/s1. The van der Waals surface area contributed by atoms with Crippen molar-refractivity contribution in [2.24, 2.45) is 5.73 Å². The molecule has 0 saturated carbocycles. The summed E-state index contributed by atoms with van der Waals surface area (Å²) in [5.74, 6) is 0.103. The number of morpholine rings is 1. The number of alkyl halides is 3. The average molecular weight is 520 g/mol. The lowest BCUT2D eigenvalue weighted by molar-refractivity contribution is -0.137. The van der Waals surface area contributed by atoms with E-state index >= 15 is 0 Å². The maximum absolute atomic E-state index is 13.4. The lowest BCUT2D eigenvalue weighted by Crippen LogP contribution is -2.37. The predicted octanol–water partition coefficient (Wildman–Crippen LogP) is 4.60. The van der Waals surface area contributed by atoms with Gasteiger partial charge >= 0.3 is 6.18 Å². The van der Waals surface area contributed by atoms with E-state index in [9.17, 15) is 18.0 Å². The van der Waals surface area contributed by atoms with Crippen LogP contribution in [0.1, 0.15) is 40.1 Å². The molecule has 1 aromatic heterocycles. The number of halogens is 4. The zero-order chi connectivity index (χ0) is 25.9. The summed E-state index contributed by atoms with van der Waals surface area (Å²) >= 11 is 6.16. The first-order chi connectivity index (χ1) is 17.2. The predicted molar refractivity (Wildman–Crippen MR) is 131 cm³/mol. The number of amides is 1. The molecule has 3 N–H and O–H groups in total. The molecule has 190 valence electrons. The number of rotatable bonds is 6. The summed E-state index contributed by atoms with van der Waals surface area (Å²) in [7, 11) is 0. The van der Waals surface area contributed by atoms with Gasteiger partial charge in [-0.25, -0.2) is 9.97 Å². The minimum Gasteiger partial charge on any atom is -0.378 e. The molecule has 4 rings (SSSR count). The summed E-state index contributed by atoms with van der Waals surface area (Å²) in [6.45, 7) is 4.29. The summed E-state index contributed by atoms with van der Waals surface area (Å²) in [6, 6.07) is 10.2. The summed E-state index contributed by atoms with van der Waals surface area (Å²) in [5.41, 5.74) is 7.08. The number of nitrogens with two attached hydrogens (primary N) is 1. The fourth-order valence-electron chi connectivity index (χ4n) is 4.00.